The lowest BCUT2D eigenvalue weighted by Gasteiger charge is -2.41. The van der Waals surface area contributed by atoms with Gasteiger partial charge in [0.1, 0.15) is 5.52 Å². The molecule has 1 atom stereocenters. The fourth-order valence-electron chi connectivity index (χ4n) is 4.89. The first-order chi connectivity index (χ1) is 15.4. The molecule has 0 aromatic carbocycles. The van der Waals surface area contributed by atoms with Crippen LogP contribution < -0.4 is 9.64 Å². The molecule has 1 spiro atoms. The van der Waals surface area contributed by atoms with Gasteiger partial charge in [0.2, 0.25) is 5.88 Å². The summed E-state index contributed by atoms with van der Waals surface area (Å²) in [7, 11) is -2.70. The first kappa shape index (κ1) is 24.4. The highest BCUT2D eigenvalue weighted by Gasteiger charge is 2.44. The molecular weight excluding hydrogens is 450 g/mol. The quantitative estimate of drug-likeness (QED) is 0.568. The highest BCUT2D eigenvalue weighted by molar-refractivity contribution is 7.91. The number of fused-ring (bicyclic) bond motifs is 1. The van der Waals surface area contributed by atoms with Crippen molar-refractivity contribution in [2.24, 2.45) is 9.44 Å². The number of rotatable bonds is 4. The Morgan fingerprint density at radius 1 is 1.09 bits per heavy atom. The molecule has 0 amide bonds. The molecule has 0 N–H and O–H groups in total. The molecule has 1 unspecified atom stereocenters. The van der Waals surface area contributed by atoms with Crippen LogP contribution in [0.3, 0.4) is 0 Å². The van der Waals surface area contributed by atoms with Crippen LogP contribution >= 0.6 is 0 Å². The molecule has 33 heavy (non-hydrogen) atoms. The summed E-state index contributed by atoms with van der Waals surface area (Å²) in [5.41, 5.74) is 2.24. The first-order valence-corrected chi connectivity index (χ1v) is 16.7. The SMILES string of the molecule is COc1nccc2c(N3CCC4(CC3)CCN(S(C)(=O)=N[Si](C)(C)C(C)(C)C)C4)ccnc12. The Balaban J connectivity index is 1.50. The number of anilines is 1. The van der Waals surface area contributed by atoms with E-state index < -0.39 is 18.2 Å². The summed E-state index contributed by atoms with van der Waals surface area (Å²) < 4.78 is 26.4. The van der Waals surface area contributed by atoms with Crippen LogP contribution in [0.25, 0.3) is 10.9 Å². The number of ether oxygens (including phenoxy) is 1. The molecule has 2 fully saturated rings. The molecule has 2 aliphatic heterocycles. The van der Waals surface area contributed by atoms with Crippen LogP contribution in [0.5, 0.6) is 5.88 Å². The summed E-state index contributed by atoms with van der Waals surface area (Å²) >= 11 is 0. The second-order valence-electron chi connectivity index (χ2n) is 11.3. The lowest BCUT2D eigenvalue weighted by Crippen LogP contribution is -2.43. The molecule has 2 aromatic rings. The largest absolute Gasteiger partial charge is 0.479 e. The summed E-state index contributed by atoms with van der Waals surface area (Å²) in [6, 6.07) is 4.12. The van der Waals surface area contributed by atoms with Gasteiger partial charge in [0, 0.05) is 55.9 Å². The monoisotopic (exact) mass is 489 g/mol. The minimum atomic E-state index is -2.35. The van der Waals surface area contributed by atoms with Crippen LogP contribution in [-0.4, -0.2) is 66.3 Å². The van der Waals surface area contributed by atoms with Gasteiger partial charge < -0.3 is 9.64 Å². The molecule has 4 heterocycles. The van der Waals surface area contributed by atoms with Gasteiger partial charge in [0.05, 0.1) is 17.0 Å². The molecule has 0 aliphatic carbocycles. The maximum absolute atomic E-state index is 13.7. The standard InChI is InChI=1S/C24H39N5O2SSi/c1-23(2,3)33(6,7)27-32(5,30)29-17-12-24(18-29)10-15-28(16-11-24)20-9-14-25-21-19(20)8-13-26-22(21)31-4/h8-9,13-14H,10-12,15-18H2,1-7H3. The average Bonchev–Trinajstić information content (AvgIpc) is 3.16. The van der Waals surface area contributed by atoms with Crippen molar-refractivity contribution in [1.82, 2.24) is 14.3 Å². The second-order valence-corrected chi connectivity index (χ2v) is 18.7. The van der Waals surface area contributed by atoms with E-state index in [9.17, 15) is 4.21 Å². The van der Waals surface area contributed by atoms with Crippen LogP contribution in [0.15, 0.2) is 28.6 Å². The van der Waals surface area contributed by atoms with E-state index in [1.165, 1.54) is 5.69 Å². The molecule has 182 valence electrons. The number of nitrogens with zero attached hydrogens (tertiary/aromatic N) is 5. The molecule has 2 saturated heterocycles. The van der Waals surface area contributed by atoms with Crippen molar-refractivity contribution in [3.63, 3.8) is 0 Å². The van der Waals surface area contributed by atoms with Crippen LogP contribution in [0.2, 0.25) is 18.1 Å². The maximum atomic E-state index is 13.7. The van der Waals surface area contributed by atoms with E-state index in [1.54, 1.807) is 13.3 Å². The highest BCUT2D eigenvalue weighted by atomic mass is 32.2. The smallest absolute Gasteiger partial charge is 0.240 e. The highest BCUT2D eigenvalue weighted by Crippen LogP contribution is 2.44. The number of hydrogen-bond acceptors (Lipinski definition) is 6. The van der Waals surface area contributed by atoms with Crippen LogP contribution in [0.4, 0.5) is 5.69 Å². The number of piperidine rings is 1. The van der Waals surface area contributed by atoms with Gasteiger partial charge in [-0.25, -0.2) is 13.5 Å². The van der Waals surface area contributed by atoms with E-state index in [-0.39, 0.29) is 10.5 Å². The van der Waals surface area contributed by atoms with Gasteiger partial charge in [0.25, 0.3) is 0 Å². The molecule has 7 nitrogen and oxygen atoms in total. The van der Waals surface area contributed by atoms with Crippen molar-refractivity contribution in [1.29, 1.82) is 0 Å². The normalized spacial score (nSPS) is 21.4. The van der Waals surface area contributed by atoms with Crippen LogP contribution in [-0.2, 0) is 9.92 Å². The Morgan fingerprint density at radius 3 is 2.36 bits per heavy atom. The van der Waals surface area contributed by atoms with Crippen molar-refractivity contribution >= 4 is 34.7 Å². The lowest BCUT2D eigenvalue weighted by atomic mass is 9.77. The van der Waals surface area contributed by atoms with Crippen LogP contribution in [0.1, 0.15) is 40.0 Å². The minimum Gasteiger partial charge on any atom is -0.479 e. The Labute approximate surface area is 200 Å². The molecule has 0 radical (unpaired) electrons. The van der Waals surface area contributed by atoms with Crippen molar-refractivity contribution < 1.29 is 8.95 Å². The molecule has 0 saturated carbocycles. The second kappa shape index (κ2) is 8.50. The minimum absolute atomic E-state index is 0.0972. The zero-order valence-electron chi connectivity index (χ0n) is 21.2. The van der Waals surface area contributed by atoms with Gasteiger partial charge in [-0.05, 0) is 54.9 Å². The Kier molecular flexibility index (Phi) is 6.29. The van der Waals surface area contributed by atoms with E-state index in [1.807, 2.05) is 18.5 Å². The van der Waals surface area contributed by atoms with Gasteiger partial charge in [-0.15, -0.1) is 0 Å². The summed E-state index contributed by atoms with van der Waals surface area (Å²) in [5.74, 6) is 0.567. The number of pyridine rings is 2. The van der Waals surface area contributed by atoms with Crippen molar-refractivity contribution in [3.05, 3.63) is 24.5 Å². The summed E-state index contributed by atoms with van der Waals surface area (Å²) in [4.78, 5) is 11.3. The van der Waals surface area contributed by atoms with Gasteiger partial charge >= 0.3 is 0 Å². The summed E-state index contributed by atoms with van der Waals surface area (Å²) in [6.45, 7) is 14.9. The van der Waals surface area contributed by atoms with Gasteiger partial charge in [-0.2, -0.15) is 0 Å². The predicted octanol–water partition coefficient (Wildman–Crippen LogP) is 4.95. The maximum Gasteiger partial charge on any atom is 0.240 e. The molecule has 0 bridgehead atoms. The molecule has 2 aromatic heterocycles. The first-order valence-electron chi connectivity index (χ1n) is 11.9. The van der Waals surface area contributed by atoms with E-state index in [0.717, 1.165) is 56.3 Å². The van der Waals surface area contributed by atoms with Crippen molar-refractivity contribution in [2.75, 3.05) is 44.4 Å². The van der Waals surface area contributed by atoms with E-state index in [2.05, 4.69) is 59.1 Å². The van der Waals surface area contributed by atoms with Crippen molar-refractivity contribution in [2.45, 2.75) is 58.2 Å². The fraction of sp³-hybridized carbons (Fsp3) is 0.667. The zero-order valence-corrected chi connectivity index (χ0v) is 23.0. The summed E-state index contributed by atoms with van der Waals surface area (Å²) in [6.07, 6.45) is 8.81. The number of hydrogen-bond donors (Lipinski definition) is 0. The Bertz CT molecular complexity index is 1150. The van der Waals surface area contributed by atoms with Gasteiger partial charge in [-0.1, -0.05) is 20.8 Å². The third-order valence-corrected chi connectivity index (χ3v) is 16.2. The molecular formula is C24H39N5O2SSi. The van der Waals surface area contributed by atoms with Gasteiger partial charge in [0.15, 0.2) is 8.24 Å². The molecule has 9 heteroatoms. The van der Waals surface area contributed by atoms with Crippen LogP contribution in [0, 0.1) is 5.41 Å². The van der Waals surface area contributed by atoms with E-state index in [0.29, 0.717) is 5.88 Å². The fourth-order valence-corrected chi connectivity index (χ4v) is 10.8. The Morgan fingerprint density at radius 2 is 1.73 bits per heavy atom. The van der Waals surface area contributed by atoms with E-state index in [4.69, 9.17) is 8.77 Å². The van der Waals surface area contributed by atoms with E-state index >= 15 is 0 Å². The van der Waals surface area contributed by atoms with Gasteiger partial charge in [-0.3, -0.25) is 9.01 Å². The number of aromatic nitrogens is 2. The van der Waals surface area contributed by atoms with Crippen molar-refractivity contribution in [3.8, 4) is 5.88 Å². The molecule has 2 aliphatic rings. The lowest BCUT2D eigenvalue weighted by molar-refractivity contribution is 0.236. The topological polar surface area (TPSA) is 70.9 Å². The Hall–Kier alpha value is -1.71. The predicted molar refractivity (Wildman–Crippen MR) is 140 cm³/mol. The third-order valence-electron chi connectivity index (χ3n) is 8.08. The molecule has 4 rings (SSSR count). The number of methoxy groups -OCH3 is 1. The zero-order chi connectivity index (χ0) is 24.1. The third kappa shape index (κ3) is 4.64. The summed E-state index contributed by atoms with van der Waals surface area (Å²) in [5, 5.41) is 1.18. The average molecular weight is 490 g/mol.